The van der Waals surface area contributed by atoms with Crippen LogP contribution in [-0.2, 0) is 11.2 Å². The lowest BCUT2D eigenvalue weighted by Crippen LogP contribution is -2.40. The van der Waals surface area contributed by atoms with E-state index in [4.69, 9.17) is 0 Å². The summed E-state index contributed by atoms with van der Waals surface area (Å²) in [5.41, 5.74) is 1.05. The number of thiazole rings is 1. The molecule has 5 nitrogen and oxygen atoms in total. The van der Waals surface area contributed by atoms with E-state index < -0.39 is 6.10 Å². The second-order valence-corrected chi connectivity index (χ2v) is 6.44. The van der Waals surface area contributed by atoms with Crippen LogP contribution in [0.25, 0.3) is 10.2 Å². The second kappa shape index (κ2) is 6.51. The Hall–Kier alpha value is -1.50. The molecule has 0 bridgehead atoms. The Morgan fingerprint density at radius 3 is 3.10 bits per heavy atom. The molecule has 0 aliphatic carbocycles. The van der Waals surface area contributed by atoms with Crippen molar-refractivity contribution in [2.24, 2.45) is 0 Å². The molecule has 0 radical (unpaired) electrons. The Morgan fingerprint density at radius 2 is 2.33 bits per heavy atom. The second-order valence-electron chi connectivity index (χ2n) is 5.32. The van der Waals surface area contributed by atoms with Crippen molar-refractivity contribution < 1.29 is 9.90 Å². The van der Waals surface area contributed by atoms with E-state index >= 15 is 0 Å². The number of nitrogens with zero attached hydrogens (tertiary/aromatic N) is 1. The Morgan fingerprint density at radius 1 is 1.48 bits per heavy atom. The van der Waals surface area contributed by atoms with Gasteiger partial charge in [0.1, 0.15) is 0 Å². The molecular formula is C15H19N3O2S. The average molecular weight is 305 g/mol. The Balaban J connectivity index is 1.42. The minimum absolute atomic E-state index is 0.0177. The van der Waals surface area contributed by atoms with Crippen LogP contribution in [0, 0.1) is 0 Å². The lowest BCUT2D eigenvalue weighted by molar-refractivity contribution is -0.122. The number of amides is 1. The molecule has 1 aromatic carbocycles. The summed E-state index contributed by atoms with van der Waals surface area (Å²) < 4.78 is 1.21. The van der Waals surface area contributed by atoms with Crippen LogP contribution in [-0.4, -0.2) is 41.2 Å². The van der Waals surface area contributed by atoms with E-state index in [1.807, 2.05) is 18.2 Å². The fourth-order valence-corrected chi connectivity index (χ4v) is 3.53. The van der Waals surface area contributed by atoms with Crippen LogP contribution < -0.4 is 10.6 Å². The summed E-state index contributed by atoms with van der Waals surface area (Å²) in [4.78, 5) is 16.4. The van der Waals surface area contributed by atoms with Crippen LogP contribution >= 0.6 is 11.3 Å². The summed E-state index contributed by atoms with van der Waals surface area (Å²) in [6, 6.07) is 7.87. The lowest BCUT2D eigenvalue weighted by Gasteiger charge is -2.10. The van der Waals surface area contributed by atoms with Crippen molar-refractivity contribution in [1.29, 1.82) is 0 Å². The van der Waals surface area contributed by atoms with E-state index in [-0.39, 0.29) is 11.9 Å². The zero-order chi connectivity index (χ0) is 14.7. The summed E-state index contributed by atoms with van der Waals surface area (Å²) in [6.45, 7) is 1.15. The fourth-order valence-electron chi connectivity index (χ4n) is 2.52. The number of hydrogen-bond acceptors (Lipinski definition) is 5. The van der Waals surface area contributed by atoms with Crippen LogP contribution in [0.1, 0.15) is 17.8 Å². The van der Waals surface area contributed by atoms with Crippen molar-refractivity contribution in [2.75, 3.05) is 13.1 Å². The summed E-state index contributed by atoms with van der Waals surface area (Å²) in [7, 11) is 0. The van der Waals surface area contributed by atoms with Gasteiger partial charge in [0.2, 0.25) is 5.91 Å². The molecule has 0 spiro atoms. The number of carbonyl (C=O) groups is 1. The molecule has 0 saturated carbocycles. The first-order valence-electron chi connectivity index (χ1n) is 7.26. The first-order valence-corrected chi connectivity index (χ1v) is 8.07. The number of fused-ring (bicyclic) bond motifs is 1. The quantitative estimate of drug-likeness (QED) is 0.722. The monoisotopic (exact) mass is 305 g/mol. The van der Waals surface area contributed by atoms with E-state index in [1.54, 1.807) is 11.3 Å². The Labute approximate surface area is 127 Å². The van der Waals surface area contributed by atoms with Gasteiger partial charge in [-0.05, 0) is 25.0 Å². The van der Waals surface area contributed by atoms with Crippen molar-refractivity contribution in [3.8, 4) is 0 Å². The topological polar surface area (TPSA) is 74.2 Å². The van der Waals surface area contributed by atoms with Crippen LogP contribution in [0.15, 0.2) is 24.3 Å². The number of benzene rings is 1. The number of nitrogens with one attached hydrogen (secondary N) is 2. The molecule has 1 aromatic heterocycles. The van der Waals surface area contributed by atoms with Gasteiger partial charge in [0.15, 0.2) is 0 Å². The van der Waals surface area contributed by atoms with E-state index in [1.165, 1.54) is 4.70 Å². The van der Waals surface area contributed by atoms with E-state index in [0.29, 0.717) is 19.5 Å². The SMILES string of the molecule is O=C(NCCCc1nc2ccccc2s1)[C@@H]1C[C@@H](O)CN1. The maximum atomic E-state index is 11.8. The molecule has 3 N–H and O–H groups in total. The molecule has 1 fully saturated rings. The van der Waals surface area contributed by atoms with Crippen LogP contribution in [0.4, 0.5) is 0 Å². The van der Waals surface area contributed by atoms with Gasteiger partial charge in [-0.25, -0.2) is 4.98 Å². The molecular weight excluding hydrogens is 286 g/mol. The normalized spacial score (nSPS) is 21.8. The van der Waals surface area contributed by atoms with Gasteiger partial charge in [0.25, 0.3) is 0 Å². The molecule has 0 unspecified atom stereocenters. The van der Waals surface area contributed by atoms with Gasteiger partial charge in [-0.2, -0.15) is 0 Å². The number of carbonyl (C=O) groups excluding carboxylic acids is 1. The summed E-state index contributed by atoms with van der Waals surface area (Å²) in [5.74, 6) is -0.0177. The zero-order valence-corrected chi connectivity index (χ0v) is 12.5. The lowest BCUT2D eigenvalue weighted by atomic mass is 10.2. The van der Waals surface area contributed by atoms with E-state index in [2.05, 4.69) is 21.7 Å². The van der Waals surface area contributed by atoms with Crippen LogP contribution in [0.5, 0.6) is 0 Å². The smallest absolute Gasteiger partial charge is 0.237 e. The zero-order valence-electron chi connectivity index (χ0n) is 11.7. The number of aromatic nitrogens is 1. The highest BCUT2D eigenvalue weighted by Gasteiger charge is 2.27. The number of aliphatic hydroxyl groups is 1. The van der Waals surface area contributed by atoms with Gasteiger partial charge in [-0.1, -0.05) is 12.1 Å². The third kappa shape index (κ3) is 3.58. The van der Waals surface area contributed by atoms with Crippen LogP contribution in [0.3, 0.4) is 0 Å². The molecule has 2 atom stereocenters. The maximum Gasteiger partial charge on any atom is 0.237 e. The Bertz CT molecular complexity index is 595. The number of rotatable bonds is 5. The minimum atomic E-state index is -0.400. The fraction of sp³-hybridized carbons (Fsp3) is 0.467. The third-order valence-corrected chi connectivity index (χ3v) is 4.73. The molecule has 1 saturated heterocycles. The van der Waals surface area contributed by atoms with Crippen molar-refractivity contribution in [3.63, 3.8) is 0 Å². The van der Waals surface area contributed by atoms with Crippen LogP contribution in [0.2, 0.25) is 0 Å². The molecule has 1 aliphatic rings. The minimum Gasteiger partial charge on any atom is -0.392 e. The highest BCUT2D eigenvalue weighted by atomic mass is 32.1. The predicted octanol–water partition coefficient (Wildman–Crippen LogP) is 1.07. The van der Waals surface area contributed by atoms with E-state index in [0.717, 1.165) is 23.4 Å². The van der Waals surface area contributed by atoms with Gasteiger partial charge in [-0.15, -0.1) is 11.3 Å². The highest BCUT2D eigenvalue weighted by molar-refractivity contribution is 7.18. The maximum absolute atomic E-state index is 11.8. The summed E-state index contributed by atoms with van der Waals surface area (Å²) in [6.07, 6.45) is 1.86. The number of hydrogen-bond donors (Lipinski definition) is 3. The van der Waals surface area contributed by atoms with Gasteiger partial charge in [0.05, 0.1) is 27.4 Å². The van der Waals surface area contributed by atoms with Crippen molar-refractivity contribution >= 4 is 27.5 Å². The van der Waals surface area contributed by atoms with Gasteiger partial charge >= 0.3 is 0 Å². The van der Waals surface area contributed by atoms with Crippen molar-refractivity contribution in [2.45, 2.75) is 31.4 Å². The number of aliphatic hydroxyl groups excluding tert-OH is 1. The molecule has 6 heteroatoms. The standard InChI is InChI=1S/C15H19N3O2S/c19-10-8-12(17-9-10)15(20)16-7-3-6-14-18-11-4-1-2-5-13(11)21-14/h1-2,4-5,10,12,17,19H,3,6-9H2,(H,16,20)/t10-,12+/m1/s1. The first kappa shape index (κ1) is 14.4. The van der Waals surface area contributed by atoms with Crippen molar-refractivity contribution in [3.05, 3.63) is 29.3 Å². The highest BCUT2D eigenvalue weighted by Crippen LogP contribution is 2.22. The summed E-state index contributed by atoms with van der Waals surface area (Å²) >= 11 is 1.71. The molecule has 21 heavy (non-hydrogen) atoms. The van der Waals surface area contributed by atoms with Gasteiger partial charge in [0, 0.05) is 19.5 Å². The van der Waals surface area contributed by atoms with Crippen molar-refractivity contribution in [1.82, 2.24) is 15.6 Å². The first-order chi connectivity index (χ1) is 10.2. The molecule has 1 aliphatic heterocycles. The van der Waals surface area contributed by atoms with Gasteiger partial charge in [-0.3, -0.25) is 4.79 Å². The summed E-state index contributed by atoms with van der Waals surface area (Å²) in [5, 5.41) is 16.4. The molecule has 2 aromatic rings. The number of β-amino-alcohol motifs (C(OH)–C–C–N with tert-alkyl or cyclic N) is 1. The average Bonchev–Trinajstić information content (AvgIpc) is 3.09. The third-order valence-electron chi connectivity index (χ3n) is 3.63. The van der Waals surface area contributed by atoms with E-state index in [9.17, 15) is 9.90 Å². The largest absolute Gasteiger partial charge is 0.392 e. The van der Waals surface area contributed by atoms with Gasteiger partial charge < -0.3 is 15.7 Å². The molecule has 3 rings (SSSR count). The number of aryl methyl sites for hydroxylation is 1. The molecule has 112 valence electrons. The molecule has 2 heterocycles. The predicted molar refractivity (Wildman–Crippen MR) is 83.4 cm³/mol. The number of para-hydroxylation sites is 1. The Kier molecular flexibility index (Phi) is 4.48. The molecule has 1 amide bonds.